The number of unbranched alkanes of at least 4 members (excludes halogenated alkanes) is 1. The van der Waals surface area contributed by atoms with Gasteiger partial charge in [-0.05, 0) is 62.4 Å². The number of carboxylic acid groups (broad SMARTS) is 1. The Morgan fingerprint density at radius 1 is 0.968 bits per heavy atom. The number of carbonyl (C=O) groups excluding carboxylic acids is 1. The molecular weight excluding hydrogens is 418 g/mol. The molecule has 0 unspecified atom stereocenters. The van der Waals surface area contributed by atoms with Crippen LogP contribution in [0.25, 0.3) is 0 Å². The molecule has 0 bridgehead atoms. The standard InChI is InChI=1S/C24H30ClNO5/c1-17-21(30-2)15-19(16-22(17)31-3)24(29)26(13-5-4-8-23(27)28)14-6-7-18-9-11-20(25)12-10-18/h9-12,15-16H,4-8,13-14H2,1-3H3,(H,27,28). The van der Waals surface area contributed by atoms with Gasteiger partial charge in [-0.25, -0.2) is 0 Å². The summed E-state index contributed by atoms with van der Waals surface area (Å²) < 4.78 is 10.8. The van der Waals surface area contributed by atoms with E-state index in [0.29, 0.717) is 48.0 Å². The second-order valence-electron chi connectivity index (χ2n) is 7.38. The van der Waals surface area contributed by atoms with Gasteiger partial charge >= 0.3 is 5.97 Å². The first-order valence-corrected chi connectivity index (χ1v) is 10.7. The van der Waals surface area contributed by atoms with Crippen molar-refractivity contribution in [2.45, 2.75) is 39.0 Å². The van der Waals surface area contributed by atoms with Crippen molar-refractivity contribution in [3.63, 3.8) is 0 Å². The highest BCUT2D eigenvalue weighted by Gasteiger charge is 2.19. The van der Waals surface area contributed by atoms with Gasteiger partial charge in [0.05, 0.1) is 14.2 Å². The molecule has 0 spiro atoms. The number of ether oxygens (including phenoxy) is 2. The first-order valence-electron chi connectivity index (χ1n) is 10.3. The first kappa shape index (κ1) is 24.5. The van der Waals surface area contributed by atoms with E-state index in [2.05, 4.69) is 0 Å². The molecule has 2 rings (SSSR count). The summed E-state index contributed by atoms with van der Waals surface area (Å²) in [4.78, 5) is 25.9. The maximum absolute atomic E-state index is 13.3. The van der Waals surface area contributed by atoms with E-state index in [0.717, 1.165) is 24.0 Å². The Labute approximate surface area is 188 Å². The summed E-state index contributed by atoms with van der Waals surface area (Å²) >= 11 is 5.94. The van der Waals surface area contributed by atoms with Gasteiger partial charge in [-0.15, -0.1) is 0 Å². The predicted octanol–water partition coefficient (Wildman–Crippen LogP) is 5.00. The molecule has 6 nitrogen and oxygen atoms in total. The molecule has 0 aliphatic heterocycles. The fraction of sp³-hybridized carbons (Fsp3) is 0.417. The number of amides is 1. The van der Waals surface area contributed by atoms with Crippen molar-refractivity contribution < 1.29 is 24.2 Å². The summed E-state index contributed by atoms with van der Waals surface area (Å²) in [5.41, 5.74) is 2.47. The van der Waals surface area contributed by atoms with Crippen LogP contribution in [-0.2, 0) is 11.2 Å². The lowest BCUT2D eigenvalue weighted by molar-refractivity contribution is -0.137. The molecule has 0 fully saturated rings. The van der Waals surface area contributed by atoms with Gasteiger partial charge in [0.15, 0.2) is 0 Å². The molecule has 0 aliphatic carbocycles. The van der Waals surface area contributed by atoms with Crippen LogP contribution in [0.4, 0.5) is 0 Å². The van der Waals surface area contributed by atoms with E-state index in [-0.39, 0.29) is 12.3 Å². The second kappa shape index (κ2) is 12.2. The lowest BCUT2D eigenvalue weighted by atomic mass is 10.1. The fourth-order valence-electron chi connectivity index (χ4n) is 3.41. The van der Waals surface area contributed by atoms with Gasteiger partial charge in [0.1, 0.15) is 11.5 Å². The Balaban J connectivity index is 2.12. The van der Waals surface area contributed by atoms with Crippen LogP contribution in [0.15, 0.2) is 36.4 Å². The van der Waals surface area contributed by atoms with Crippen molar-refractivity contribution in [2.24, 2.45) is 0 Å². The second-order valence-corrected chi connectivity index (χ2v) is 7.82. The average Bonchev–Trinajstić information content (AvgIpc) is 2.76. The van der Waals surface area contributed by atoms with E-state index in [1.54, 1.807) is 31.3 Å². The molecule has 2 aromatic rings. The van der Waals surface area contributed by atoms with Crippen molar-refractivity contribution in [2.75, 3.05) is 27.3 Å². The number of halogens is 1. The zero-order valence-electron chi connectivity index (χ0n) is 18.3. The van der Waals surface area contributed by atoms with Crippen LogP contribution < -0.4 is 9.47 Å². The topological polar surface area (TPSA) is 76.1 Å². The van der Waals surface area contributed by atoms with Gasteiger partial charge < -0.3 is 19.5 Å². The molecular formula is C24H30ClNO5. The monoisotopic (exact) mass is 447 g/mol. The summed E-state index contributed by atoms with van der Waals surface area (Å²) in [5.74, 6) is 0.237. The normalized spacial score (nSPS) is 10.6. The van der Waals surface area contributed by atoms with Crippen molar-refractivity contribution in [3.05, 3.63) is 58.1 Å². The van der Waals surface area contributed by atoms with Crippen molar-refractivity contribution in [3.8, 4) is 11.5 Å². The number of nitrogens with zero attached hydrogens (tertiary/aromatic N) is 1. The summed E-state index contributed by atoms with van der Waals surface area (Å²) in [5, 5.41) is 9.57. The molecule has 0 atom stereocenters. The van der Waals surface area contributed by atoms with Gasteiger partial charge in [-0.3, -0.25) is 9.59 Å². The number of carboxylic acids is 1. The largest absolute Gasteiger partial charge is 0.496 e. The number of rotatable bonds is 12. The van der Waals surface area contributed by atoms with Crippen LogP contribution in [0.5, 0.6) is 11.5 Å². The van der Waals surface area contributed by atoms with E-state index in [4.69, 9.17) is 26.2 Å². The lowest BCUT2D eigenvalue weighted by Gasteiger charge is -2.24. The molecule has 7 heteroatoms. The Hall–Kier alpha value is -2.73. The Bertz CT molecular complexity index is 857. The van der Waals surface area contributed by atoms with Gasteiger partial charge in [0.2, 0.25) is 0 Å². The molecule has 31 heavy (non-hydrogen) atoms. The number of benzene rings is 2. The van der Waals surface area contributed by atoms with Crippen LogP contribution in [0.3, 0.4) is 0 Å². The molecule has 0 aromatic heterocycles. The van der Waals surface area contributed by atoms with E-state index in [9.17, 15) is 9.59 Å². The predicted molar refractivity (Wildman–Crippen MR) is 121 cm³/mol. The Kier molecular flexibility index (Phi) is 9.66. The number of hydrogen-bond acceptors (Lipinski definition) is 4. The van der Waals surface area contributed by atoms with E-state index in [1.807, 2.05) is 31.2 Å². The first-order chi connectivity index (χ1) is 14.8. The number of carbonyl (C=O) groups is 2. The number of aryl methyl sites for hydroxylation is 1. The third-order valence-electron chi connectivity index (χ3n) is 5.16. The van der Waals surface area contributed by atoms with Crippen molar-refractivity contribution in [1.82, 2.24) is 4.90 Å². The van der Waals surface area contributed by atoms with Gasteiger partial charge in [-0.2, -0.15) is 0 Å². The Morgan fingerprint density at radius 2 is 1.55 bits per heavy atom. The third-order valence-corrected chi connectivity index (χ3v) is 5.41. The molecule has 1 N–H and O–H groups in total. The number of aliphatic carboxylic acids is 1. The summed E-state index contributed by atoms with van der Waals surface area (Å²) in [6.07, 6.45) is 2.85. The molecule has 1 amide bonds. The van der Waals surface area contributed by atoms with Gasteiger partial charge in [0, 0.05) is 35.7 Å². The van der Waals surface area contributed by atoms with Crippen molar-refractivity contribution in [1.29, 1.82) is 0 Å². The van der Waals surface area contributed by atoms with Crippen LogP contribution in [-0.4, -0.2) is 49.2 Å². The molecule has 0 aliphatic rings. The molecule has 0 heterocycles. The number of methoxy groups -OCH3 is 2. The van der Waals surface area contributed by atoms with E-state index >= 15 is 0 Å². The molecule has 0 saturated carbocycles. The zero-order valence-corrected chi connectivity index (χ0v) is 19.1. The molecule has 168 valence electrons. The highest BCUT2D eigenvalue weighted by molar-refractivity contribution is 6.30. The summed E-state index contributed by atoms with van der Waals surface area (Å²) in [6.45, 7) is 2.93. The maximum Gasteiger partial charge on any atom is 0.303 e. The van der Waals surface area contributed by atoms with Gasteiger partial charge in [0.25, 0.3) is 5.91 Å². The summed E-state index contributed by atoms with van der Waals surface area (Å²) in [6, 6.07) is 11.1. The lowest BCUT2D eigenvalue weighted by Crippen LogP contribution is -2.33. The minimum absolute atomic E-state index is 0.0962. The van der Waals surface area contributed by atoms with Gasteiger partial charge in [-0.1, -0.05) is 23.7 Å². The minimum atomic E-state index is -0.825. The van der Waals surface area contributed by atoms with Crippen LogP contribution in [0, 0.1) is 6.92 Å². The summed E-state index contributed by atoms with van der Waals surface area (Å²) in [7, 11) is 3.12. The smallest absolute Gasteiger partial charge is 0.303 e. The number of hydrogen-bond donors (Lipinski definition) is 1. The van der Waals surface area contributed by atoms with Crippen LogP contribution in [0.2, 0.25) is 5.02 Å². The SMILES string of the molecule is COc1cc(C(=O)N(CCCCC(=O)O)CCCc2ccc(Cl)cc2)cc(OC)c1C. The molecule has 0 radical (unpaired) electrons. The minimum Gasteiger partial charge on any atom is -0.496 e. The Morgan fingerprint density at radius 3 is 2.10 bits per heavy atom. The van der Waals surface area contributed by atoms with E-state index < -0.39 is 5.97 Å². The molecule has 2 aromatic carbocycles. The average molecular weight is 448 g/mol. The zero-order chi connectivity index (χ0) is 22.8. The van der Waals surface area contributed by atoms with Crippen LogP contribution >= 0.6 is 11.6 Å². The van der Waals surface area contributed by atoms with Crippen molar-refractivity contribution >= 4 is 23.5 Å². The quantitative estimate of drug-likeness (QED) is 0.463. The highest BCUT2D eigenvalue weighted by Crippen LogP contribution is 2.30. The highest BCUT2D eigenvalue weighted by atomic mass is 35.5. The third kappa shape index (κ3) is 7.47. The van der Waals surface area contributed by atoms with Crippen LogP contribution in [0.1, 0.15) is 47.2 Å². The maximum atomic E-state index is 13.3. The fourth-order valence-corrected chi connectivity index (χ4v) is 3.54. The van der Waals surface area contributed by atoms with E-state index in [1.165, 1.54) is 0 Å². The molecule has 0 saturated heterocycles.